The molecule has 86 valence electrons. The second-order valence-corrected chi connectivity index (χ2v) is 3.72. The topological polar surface area (TPSA) is 56.1 Å². The van der Waals surface area contributed by atoms with Crippen LogP contribution < -0.4 is 5.32 Å². The number of nitrogens with zero attached hydrogens (tertiary/aromatic N) is 2. The lowest BCUT2D eigenvalue weighted by Gasteiger charge is -2.26. The third-order valence-corrected chi connectivity index (χ3v) is 2.70. The number of anilines is 1. The lowest BCUT2D eigenvalue weighted by molar-refractivity contribution is -0.139. The van der Waals surface area contributed by atoms with Crippen molar-refractivity contribution in [2.75, 3.05) is 11.9 Å². The first-order valence-corrected chi connectivity index (χ1v) is 5.33. The van der Waals surface area contributed by atoms with Crippen LogP contribution in [0, 0.1) is 0 Å². The van der Waals surface area contributed by atoms with Gasteiger partial charge in [-0.1, -0.05) is 0 Å². The summed E-state index contributed by atoms with van der Waals surface area (Å²) in [6, 6.07) is -0.0437. The van der Waals surface area contributed by atoms with E-state index in [-0.39, 0.29) is 12.0 Å². The van der Waals surface area contributed by atoms with Crippen LogP contribution in [0.1, 0.15) is 26.8 Å². The van der Waals surface area contributed by atoms with E-state index in [2.05, 4.69) is 10.3 Å². The molecule has 0 saturated carbocycles. The molecule has 0 amide bonds. The number of esters is 1. The van der Waals surface area contributed by atoms with Crippen LogP contribution in [0.2, 0.25) is 0 Å². The first kappa shape index (κ1) is 10.7. The van der Waals surface area contributed by atoms with Crippen molar-refractivity contribution >= 4 is 11.9 Å². The van der Waals surface area contributed by atoms with E-state index in [0.717, 1.165) is 11.6 Å². The third-order valence-electron chi connectivity index (χ3n) is 2.70. The Balaban J connectivity index is 2.35. The van der Waals surface area contributed by atoms with Crippen molar-refractivity contribution in [3.8, 4) is 0 Å². The molecule has 1 aliphatic rings. The van der Waals surface area contributed by atoms with E-state index in [1.165, 1.54) is 0 Å². The Hall–Kier alpha value is -1.78. The van der Waals surface area contributed by atoms with Gasteiger partial charge in [-0.05, 0) is 20.8 Å². The molecule has 1 aromatic heterocycles. The molecule has 0 bridgehead atoms. The first-order valence-electron chi connectivity index (χ1n) is 5.33. The minimum Gasteiger partial charge on any atom is -0.463 e. The van der Waals surface area contributed by atoms with E-state index in [0.29, 0.717) is 12.2 Å². The summed E-state index contributed by atoms with van der Waals surface area (Å²) in [6.07, 6.45) is 3.55. The molecule has 1 aromatic rings. The Bertz CT molecular complexity index is 448. The van der Waals surface area contributed by atoms with E-state index >= 15 is 0 Å². The number of carbonyl (C=O) groups is 1. The second-order valence-electron chi connectivity index (χ2n) is 3.72. The molecule has 1 aliphatic heterocycles. The van der Waals surface area contributed by atoms with Crippen molar-refractivity contribution in [1.82, 2.24) is 9.55 Å². The maximum absolute atomic E-state index is 11.8. The normalized spacial score (nSPS) is 19.1. The standard InChI is InChI=1S/C11H15N3O2/c1-4-16-10(15)9-7(2)13-11-12-5-6-14(11)8(9)3/h5-6,8H,4H2,1-3H3,(H,12,13). The predicted octanol–water partition coefficient (Wildman–Crippen LogP) is 1.71. The number of hydrogen-bond donors (Lipinski definition) is 1. The van der Waals surface area contributed by atoms with Gasteiger partial charge in [0, 0.05) is 18.1 Å². The largest absolute Gasteiger partial charge is 0.463 e. The summed E-state index contributed by atoms with van der Waals surface area (Å²) >= 11 is 0. The highest BCUT2D eigenvalue weighted by Crippen LogP contribution is 2.30. The number of nitrogens with one attached hydrogen (secondary N) is 1. The summed E-state index contributed by atoms with van der Waals surface area (Å²) in [5, 5.41) is 3.09. The fourth-order valence-electron chi connectivity index (χ4n) is 1.94. The van der Waals surface area contributed by atoms with E-state index in [9.17, 15) is 4.79 Å². The van der Waals surface area contributed by atoms with Crippen LogP contribution in [0.25, 0.3) is 0 Å². The zero-order valence-corrected chi connectivity index (χ0v) is 9.65. The summed E-state index contributed by atoms with van der Waals surface area (Å²) in [6.45, 7) is 6.01. The van der Waals surface area contributed by atoms with Gasteiger partial charge in [0.05, 0.1) is 18.2 Å². The molecule has 1 N–H and O–H groups in total. The van der Waals surface area contributed by atoms with Gasteiger partial charge in [-0.25, -0.2) is 9.78 Å². The predicted molar refractivity (Wildman–Crippen MR) is 59.9 cm³/mol. The van der Waals surface area contributed by atoms with E-state index in [1.807, 2.05) is 24.6 Å². The van der Waals surface area contributed by atoms with Crippen molar-refractivity contribution in [3.05, 3.63) is 23.7 Å². The molecule has 1 atom stereocenters. The Morgan fingerprint density at radius 3 is 3.12 bits per heavy atom. The number of imidazole rings is 1. The van der Waals surface area contributed by atoms with Crippen molar-refractivity contribution in [1.29, 1.82) is 0 Å². The van der Waals surface area contributed by atoms with Crippen molar-refractivity contribution in [2.45, 2.75) is 26.8 Å². The lowest BCUT2D eigenvalue weighted by atomic mass is 10.1. The maximum atomic E-state index is 11.8. The smallest absolute Gasteiger partial charge is 0.337 e. The van der Waals surface area contributed by atoms with Gasteiger partial charge < -0.3 is 14.6 Å². The molecule has 0 aliphatic carbocycles. The van der Waals surface area contributed by atoms with Crippen molar-refractivity contribution in [2.24, 2.45) is 0 Å². The maximum Gasteiger partial charge on any atom is 0.337 e. The number of carbonyl (C=O) groups excluding carboxylic acids is 1. The van der Waals surface area contributed by atoms with Gasteiger partial charge in [-0.15, -0.1) is 0 Å². The van der Waals surface area contributed by atoms with Gasteiger partial charge in [0.25, 0.3) is 0 Å². The quantitative estimate of drug-likeness (QED) is 0.772. The van der Waals surface area contributed by atoms with Gasteiger partial charge in [0.1, 0.15) is 0 Å². The van der Waals surface area contributed by atoms with E-state index in [4.69, 9.17) is 4.74 Å². The first-order chi connectivity index (χ1) is 7.65. The third kappa shape index (κ3) is 1.58. The SMILES string of the molecule is CCOC(=O)C1=C(C)Nc2nccn2C1C. The zero-order valence-electron chi connectivity index (χ0n) is 9.65. The summed E-state index contributed by atoms with van der Waals surface area (Å²) < 4.78 is 6.96. The Labute approximate surface area is 94.1 Å². The summed E-state index contributed by atoms with van der Waals surface area (Å²) in [5.74, 6) is 0.498. The van der Waals surface area contributed by atoms with Crippen LogP contribution in [0.5, 0.6) is 0 Å². The number of ether oxygens (including phenoxy) is 1. The average molecular weight is 221 g/mol. The molecular formula is C11H15N3O2. The zero-order chi connectivity index (χ0) is 11.7. The summed E-state index contributed by atoms with van der Waals surface area (Å²) in [7, 11) is 0. The molecular weight excluding hydrogens is 206 g/mol. The molecule has 0 radical (unpaired) electrons. The minimum atomic E-state index is -0.264. The number of allylic oxidation sites excluding steroid dienone is 1. The molecule has 2 rings (SSSR count). The molecule has 0 fully saturated rings. The van der Waals surface area contributed by atoms with Gasteiger partial charge >= 0.3 is 5.97 Å². The van der Waals surface area contributed by atoms with Crippen molar-refractivity contribution in [3.63, 3.8) is 0 Å². The highest BCUT2D eigenvalue weighted by molar-refractivity contribution is 5.91. The number of rotatable bonds is 2. The summed E-state index contributed by atoms with van der Waals surface area (Å²) in [4.78, 5) is 16.0. The van der Waals surface area contributed by atoms with Gasteiger partial charge in [-0.2, -0.15) is 0 Å². The van der Waals surface area contributed by atoms with Crippen LogP contribution in [0.15, 0.2) is 23.7 Å². The number of hydrogen-bond acceptors (Lipinski definition) is 4. The molecule has 0 saturated heterocycles. The molecule has 16 heavy (non-hydrogen) atoms. The number of fused-ring (bicyclic) bond motifs is 1. The van der Waals surface area contributed by atoms with Crippen LogP contribution in [0.4, 0.5) is 5.95 Å². The highest BCUT2D eigenvalue weighted by Gasteiger charge is 2.28. The molecule has 1 unspecified atom stereocenters. The monoisotopic (exact) mass is 221 g/mol. The van der Waals surface area contributed by atoms with E-state index < -0.39 is 0 Å². The fourth-order valence-corrected chi connectivity index (χ4v) is 1.94. The van der Waals surface area contributed by atoms with Gasteiger partial charge in [-0.3, -0.25) is 0 Å². The highest BCUT2D eigenvalue weighted by atomic mass is 16.5. The minimum absolute atomic E-state index is 0.0437. The molecule has 5 heteroatoms. The molecule has 5 nitrogen and oxygen atoms in total. The molecule has 2 heterocycles. The molecule has 0 spiro atoms. The van der Waals surface area contributed by atoms with Crippen molar-refractivity contribution < 1.29 is 9.53 Å². The van der Waals surface area contributed by atoms with Gasteiger partial charge in [0.15, 0.2) is 0 Å². The van der Waals surface area contributed by atoms with Crippen LogP contribution in [-0.2, 0) is 9.53 Å². The van der Waals surface area contributed by atoms with E-state index in [1.54, 1.807) is 13.1 Å². The fraction of sp³-hybridized carbons (Fsp3) is 0.455. The van der Waals surface area contributed by atoms with Crippen LogP contribution in [-0.4, -0.2) is 22.1 Å². The van der Waals surface area contributed by atoms with Gasteiger partial charge in [0.2, 0.25) is 5.95 Å². The number of aromatic nitrogens is 2. The second kappa shape index (κ2) is 4.00. The summed E-state index contributed by atoms with van der Waals surface area (Å²) in [5.41, 5.74) is 1.47. The Kier molecular flexibility index (Phi) is 2.68. The average Bonchev–Trinajstić information content (AvgIpc) is 2.66. The lowest BCUT2D eigenvalue weighted by Crippen LogP contribution is -2.26. The van der Waals surface area contributed by atoms with Crippen LogP contribution in [0.3, 0.4) is 0 Å². The molecule has 0 aromatic carbocycles. The Morgan fingerprint density at radius 1 is 1.69 bits per heavy atom. The van der Waals surface area contributed by atoms with Crippen LogP contribution >= 0.6 is 0 Å². The Morgan fingerprint density at radius 2 is 2.44 bits per heavy atom.